The zero-order valence-electron chi connectivity index (χ0n) is 19.2. The smallest absolute Gasteiger partial charge is 0.267 e. The second-order valence-electron chi connectivity index (χ2n) is 8.81. The SMILES string of the molecule is O=C(c1ccccc1)N1N=C2/C(=C/c3ccc([N+](=O)[O-])cc3)CCC[C@H]2[C@H]1c1ccc([N+](=O)[O-])cc1. The number of hydrogen-bond acceptors (Lipinski definition) is 6. The van der Waals surface area contributed by atoms with E-state index in [1.165, 1.54) is 29.3 Å². The first kappa shape index (κ1) is 23.1. The number of rotatable bonds is 5. The van der Waals surface area contributed by atoms with Crippen LogP contribution in [-0.2, 0) is 0 Å². The number of fused-ring (bicyclic) bond motifs is 1. The number of hydrazone groups is 1. The van der Waals surface area contributed by atoms with E-state index in [4.69, 9.17) is 5.10 Å². The summed E-state index contributed by atoms with van der Waals surface area (Å²) in [4.78, 5) is 34.8. The molecule has 3 aromatic carbocycles. The number of carbonyl (C=O) groups excluding carboxylic acids is 1. The van der Waals surface area contributed by atoms with Gasteiger partial charge in [0, 0.05) is 35.7 Å². The van der Waals surface area contributed by atoms with Crippen LogP contribution in [0.1, 0.15) is 46.8 Å². The van der Waals surface area contributed by atoms with E-state index in [-0.39, 0.29) is 23.2 Å². The molecule has 1 fully saturated rings. The van der Waals surface area contributed by atoms with Crippen LogP contribution in [0.4, 0.5) is 11.4 Å². The Morgan fingerprint density at radius 3 is 2.11 bits per heavy atom. The molecule has 36 heavy (non-hydrogen) atoms. The predicted molar refractivity (Wildman–Crippen MR) is 134 cm³/mol. The molecule has 1 aliphatic heterocycles. The van der Waals surface area contributed by atoms with E-state index < -0.39 is 15.9 Å². The van der Waals surface area contributed by atoms with Crippen molar-refractivity contribution in [2.24, 2.45) is 11.0 Å². The molecule has 0 radical (unpaired) electrons. The highest BCUT2D eigenvalue weighted by molar-refractivity contribution is 6.09. The van der Waals surface area contributed by atoms with Gasteiger partial charge in [0.05, 0.1) is 21.6 Å². The van der Waals surface area contributed by atoms with Gasteiger partial charge in [0.2, 0.25) is 0 Å². The molecular weight excluding hydrogens is 460 g/mol. The number of non-ortho nitro benzene ring substituents is 2. The van der Waals surface area contributed by atoms with Crippen LogP contribution in [0.25, 0.3) is 6.08 Å². The fourth-order valence-electron chi connectivity index (χ4n) is 4.90. The molecule has 0 saturated heterocycles. The van der Waals surface area contributed by atoms with Crippen LogP contribution in [-0.4, -0.2) is 26.5 Å². The molecule has 0 spiro atoms. The fourth-order valence-corrected chi connectivity index (χ4v) is 4.90. The number of carbonyl (C=O) groups is 1. The number of nitrogens with zero attached hydrogens (tertiary/aromatic N) is 4. The molecular formula is C27H22N4O5. The van der Waals surface area contributed by atoms with E-state index in [9.17, 15) is 25.0 Å². The van der Waals surface area contributed by atoms with Crippen LogP contribution in [0.15, 0.2) is 89.5 Å². The molecule has 1 heterocycles. The number of nitro benzene ring substituents is 2. The third kappa shape index (κ3) is 4.38. The van der Waals surface area contributed by atoms with E-state index >= 15 is 0 Å². The van der Waals surface area contributed by atoms with Crippen molar-refractivity contribution in [3.63, 3.8) is 0 Å². The van der Waals surface area contributed by atoms with Gasteiger partial charge in [-0.25, -0.2) is 5.01 Å². The summed E-state index contributed by atoms with van der Waals surface area (Å²) in [6.07, 6.45) is 4.45. The lowest BCUT2D eigenvalue weighted by Crippen LogP contribution is -2.31. The Morgan fingerprint density at radius 2 is 1.50 bits per heavy atom. The van der Waals surface area contributed by atoms with Gasteiger partial charge in [-0.3, -0.25) is 25.0 Å². The average Bonchev–Trinajstić information content (AvgIpc) is 3.30. The van der Waals surface area contributed by atoms with Crippen LogP contribution in [0, 0.1) is 26.1 Å². The second kappa shape index (κ2) is 9.53. The molecule has 1 amide bonds. The number of benzene rings is 3. The summed E-state index contributed by atoms with van der Waals surface area (Å²) >= 11 is 0. The molecule has 2 aliphatic rings. The highest BCUT2D eigenvalue weighted by Gasteiger charge is 2.44. The van der Waals surface area contributed by atoms with Crippen LogP contribution < -0.4 is 0 Å². The molecule has 9 heteroatoms. The molecule has 0 unspecified atom stereocenters. The quantitative estimate of drug-likeness (QED) is 0.329. The lowest BCUT2D eigenvalue weighted by molar-refractivity contribution is -0.385. The molecule has 0 bridgehead atoms. The van der Waals surface area contributed by atoms with Gasteiger partial charge in [-0.05, 0) is 66.3 Å². The van der Waals surface area contributed by atoms with Gasteiger partial charge in [0.15, 0.2) is 0 Å². The highest BCUT2D eigenvalue weighted by atomic mass is 16.6. The maximum atomic E-state index is 13.5. The normalized spacial score (nSPS) is 20.1. The van der Waals surface area contributed by atoms with Gasteiger partial charge in [0.25, 0.3) is 17.3 Å². The summed E-state index contributed by atoms with van der Waals surface area (Å²) < 4.78 is 0. The van der Waals surface area contributed by atoms with Crippen molar-refractivity contribution in [3.05, 3.63) is 121 Å². The zero-order chi connectivity index (χ0) is 25.2. The van der Waals surface area contributed by atoms with Crippen molar-refractivity contribution in [2.45, 2.75) is 25.3 Å². The Morgan fingerprint density at radius 1 is 0.889 bits per heavy atom. The van der Waals surface area contributed by atoms with Gasteiger partial charge in [-0.1, -0.05) is 30.3 Å². The molecule has 5 rings (SSSR count). The van der Waals surface area contributed by atoms with E-state index in [1.54, 1.807) is 48.5 Å². The molecule has 0 N–H and O–H groups in total. The second-order valence-corrected chi connectivity index (χ2v) is 8.81. The third-order valence-corrected chi connectivity index (χ3v) is 6.62. The van der Waals surface area contributed by atoms with E-state index in [0.29, 0.717) is 5.56 Å². The Labute approximate surface area is 206 Å². The summed E-state index contributed by atoms with van der Waals surface area (Å²) in [5.41, 5.74) is 3.91. The minimum absolute atomic E-state index is 0.0128. The monoisotopic (exact) mass is 482 g/mol. The summed E-state index contributed by atoms with van der Waals surface area (Å²) in [5, 5.41) is 28.5. The first-order valence-electron chi connectivity index (χ1n) is 11.6. The van der Waals surface area contributed by atoms with Crippen LogP contribution >= 0.6 is 0 Å². The van der Waals surface area contributed by atoms with Crippen LogP contribution in [0.2, 0.25) is 0 Å². The van der Waals surface area contributed by atoms with E-state index in [2.05, 4.69) is 0 Å². The Hall–Kier alpha value is -4.66. The Bertz CT molecular complexity index is 1380. The van der Waals surface area contributed by atoms with Gasteiger partial charge in [0.1, 0.15) is 0 Å². The van der Waals surface area contributed by atoms with Crippen molar-refractivity contribution in [1.82, 2.24) is 5.01 Å². The standard InChI is InChI=1S/C27H22N4O5/c32-27(20-5-2-1-3-6-20)29-26(19-11-15-23(16-12-19)31(35)36)24-8-4-7-21(25(24)28-29)17-18-9-13-22(14-10-18)30(33)34/h1-3,5-6,9-17,24,26H,4,7-8H2/b21-17+/t24-,26-/m1/s1. The Kier molecular flexibility index (Phi) is 6.12. The van der Waals surface area contributed by atoms with Gasteiger partial charge in [-0.2, -0.15) is 5.10 Å². The maximum absolute atomic E-state index is 13.5. The molecule has 180 valence electrons. The average molecular weight is 482 g/mol. The van der Waals surface area contributed by atoms with Crippen LogP contribution in [0.5, 0.6) is 0 Å². The minimum Gasteiger partial charge on any atom is -0.267 e. The molecule has 1 saturated carbocycles. The minimum atomic E-state index is -0.446. The summed E-state index contributed by atoms with van der Waals surface area (Å²) in [6, 6.07) is 21.1. The van der Waals surface area contributed by atoms with Crippen molar-refractivity contribution < 1.29 is 14.6 Å². The lowest BCUT2D eigenvalue weighted by atomic mass is 9.77. The number of hydrogen-bond donors (Lipinski definition) is 0. The van der Waals surface area contributed by atoms with Crippen molar-refractivity contribution in [3.8, 4) is 0 Å². The first-order valence-corrected chi connectivity index (χ1v) is 11.6. The number of allylic oxidation sites excluding steroid dienone is 1. The highest BCUT2D eigenvalue weighted by Crippen LogP contribution is 2.45. The first-order chi connectivity index (χ1) is 17.4. The van der Waals surface area contributed by atoms with E-state index in [1.807, 2.05) is 12.1 Å². The predicted octanol–water partition coefficient (Wildman–Crippen LogP) is 5.94. The number of amides is 1. The van der Waals surface area contributed by atoms with Crippen molar-refractivity contribution in [2.75, 3.05) is 0 Å². The van der Waals surface area contributed by atoms with Gasteiger partial charge in [-0.15, -0.1) is 0 Å². The van der Waals surface area contributed by atoms with Crippen LogP contribution in [0.3, 0.4) is 0 Å². The van der Waals surface area contributed by atoms with Gasteiger partial charge >= 0.3 is 0 Å². The molecule has 2 atom stereocenters. The fraction of sp³-hybridized carbons (Fsp3) is 0.185. The summed E-state index contributed by atoms with van der Waals surface area (Å²) in [7, 11) is 0. The Balaban J connectivity index is 1.55. The molecule has 0 aromatic heterocycles. The van der Waals surface area contributed by atoms with Gasteiger partial charge < -0.3 is 0 Å². The topological polar surface area (TPSA) is 119 Å². The molecule has 1 aliphatic carbocycles. The molecule has 3 aromatic rings. The van der Waals surface area contributed by atoms with Crippen molar-refractivity contribution >= 4 is 29.1 Å². The maximum Gasteiger partial charge on any atom is 0.274 e. The summed E-state index contributed by atoms with van der Waals surface area (Å²) in [5.74, 6) is -0.312. The van der Waals surface area contributed by atoms with Crippen molar-refractivity contribution in [1.29, 1.82) is 0 Å². The van der Waals surface area contributed by atoms with E-state index in [0.717, 1.165) is 41.7 Å². The lowest BCUT2D eigenvalue weighted by Gasteiger charge is -2.29. The summed E-state index contributed by atoms with van der Waals surface area (Å²) in [6.45, 7) is 0. The third-order valence-electron chi connectivity index (χ3n) is 6.62. The number of nitro groups is 2. The largest absolute Gasteiger partial charge is 0.274 e. The zero-order valence-corrected chi connectivity index (χ0v) is 19.2. The molecule has 9 nitrogen and oxygen atoms in total.